The lowest BCUT2D eigenvalue weighted by Crippen LogP contribution is -2.28. The Hall–Kier alpha value is -2.84. The van der Waals surface area contributed by atoms with Crippen molar-refractivity contribution in [2.24, 2.45) is 0 Å². The Kier molecular flexibility index (Phi) is 6.06. The smallest absolute Gasteiger partial charge is 0.264 e. The van der Waals surface area contributed by atoms with Gasteiger partial charge in [0.25, 0.3) is 5.91 Å². The van der Waals surface area contributed by atoms with Gasteiger partial charge in [-0.25, -0.2) is 9.97 Å². The molecule has 0 fully saturated rings. The zero-order chi connectivity index (χ0) is 21.1. The molecule has 6 nitrogen and oxygen atoms in total. The number of pyridine rings is 1. The number of carbonyl (C=O) groups is 1. The number of nitrogens with zero attached hydrogens (tertiary/aromatic N) is 4. The number of nitrogens with one attached hydrogen (secondary N) is 1. The molecule has 0 unspecified atom stereocenters. The third kappa shape index (κ3) is 4.20. The fourth-order valence-corrected chi connectivity index (χ4v) is 5.18. The first-order chi connectivity index (χ1) is 14.5. The van der Waals surface area contributed by atoms with E-state index in [4.69, 9.17) is 0 Å². The first-order valence-corrected chi connectivity index (χ1v) is 11.4. The summed E-state index contributed by atoms with van der Waals surface area (Å²) in [6, 6.07) is 10.1. The van der Waals surface area contributed by atoms with Gasteiger partial charge in [-0.3, -0.25) is 9.78 Å². The van der Waals surface area contributed by atoms with E-state index < -0.39 is 0 Å². The van der Waals surface area contributed by atoms with Crippen LogP contribution in [0, 0.1) is 6.92 Å². The average molecular weight is 438 g/mol. The topological polar surface area (TPSA) is 71.0 Å². The summed E-state index contributed by atoms with van der Waals surface area (Å²) in [5.41, 5.74) is 1.90. The van der Waals surface area contributed by atoms with E-state index in [-0.39, 0.29) is 11.9 Å². The van der Waals surface area contributed by atoms with Crippen molar-refractivity contribution >= 4 is 44.6 Å². The lowest BCUT2D eigenvalue weighted by atomic mass is 10.1. The van der Waals surface area contributed by atoms with Crippen molar-refractivity contribution in [1.29, 1.82) is 0 Å². The average Bonchev–Trinajstić information content (AvgIpc) is 3.41. The molecule has 0 aromatic carbocycles. The molecule has 1 N–H and O–H groups in total. The van der Waals surface area contributed by atoms with Crippen LogP contribution in [0.1, 0.15) is 38.8 Å². The van der Waals surface area contributed by atoms with Gasteiger partial charge in [0, 0.05) is 36.8 Å². The van der Waals surface area contributed by atoms with Gasteiger partial charge in [0.2, 0.25) is 0 Å². The molecule has 0 aliphatic rings. The number of fused-ring (bicyclic) bond motifs is 1. The molecule has 0 aliphatic heterocycles. The number of thiophene rings is 2. The number of rotatable bonds is 7. The second-order valence-corrected chi connectivity index (χ2v) is 9.12. The number of amides is 1. The third-order valence-electron chi connectivity index (χ3n) is 5.02. The van der Waals surface area contributed by atoms with Gasteiger partial charge < -0.3 is 10.2 Å². The summed E-state index contributed by atoms with van der Waals surface area (Å²) in [6.45, 7) is 4.69. The Morgan fingerprint density at radius 1 is 1.20 bits per heavy atom. The summed E-state index contributed by atoms with van der Waals surface area (Å²) in [5, 5.41) is 6.48. The molecule has 0 radical (unpaired) electrons. The molecule has 0 saturated heterocycles. The Bertz CT molecular complexity index is 1140. The number of aromatic nitrogens is 3. The maximum Gasteiger partial charge on any atom is 0.264 e. The molecule has 0 spiro atoms. The fourth-order valence-electron chi connectivity index (χ4n) is 3.30. The predicted molar refractivity (Wildman–Crippen MR) is 123 cm³/mol. The van der Waals surface area contributed by atoms with Crippen LogP contribution in [0.3, 0.4) is 0 Å². The molecule has 4 heterocycles. The van der Waals surface area contributed by atoms with Crippen molar-refractivity contribution in [3.05, 3.63) is 69.2 Å². The highest BCUT2D eigenvalue weighted by Crippen LogP contribution is 2.35. The van der Waals surface area contributed by atoms with Crippen LogP contribution in [0.5, 0.6) is 0 Å². The minimum atomic E-state index is 0.00341. The number of hydrogen-bond donors (Lipinski definition) is 1. The van der Waals surface area contributed by atoms with Gasteiger partial charge in [-0.1, -0.05) is 12.1 Å². The molecule has 8 heteroatoms. The van der Waals surface area contributed by atoms with Crippen molar-refractivity contribution in [3.8, 4) is 0 Å². The Balaban J connectivity index is 1.56. The van der Waals surface area contributed by atoms with Crippen LogP contribution in [0.4, 0.5) is 5.82 Å². The summed E-state index contributed by atoms with van der Waals surface area (Å²) >= 11 is 3.13. The lowest BCUT2D eigenvalue weighted by molar-refractivity contribution is 0.0800. The molecular formula is C22H23N5OS2. The van der Waals surface area contributed by atoms with Crippen molar-refractivity contribution in [3.63, 3.8) is 0 Å². The Morgan fingerprint density at radius 3 is 2.80 bits per heavy atom. The van der Waals surface area contributed by atoms with Crippen LogP contribution < -0.4 is 5.32 Å². The van der Waals surface area contributed by atoms with Gasteiger partial charge in [0.05, 0.1) is 16.3 Å². The van der Waals surface area contributed by atoms with E-state index in [2.05, 4.69) is 38.6 Å². The number of hydrogen-bond acceptors (Lipinski definition) is 7. The van der Waals surface area contributed by atoms with Crippen molar-refractivity contribution in [2.75, 3.05) is 18.9 Å². The van der Waals surface area contributed by atoms with Gasteiger partial charge in [0.15, 0.2) is 0 Å². The molecule has 154 valence electrons. The molecule has 30 heavy (non-hydrogen) atoms. The van der Waals surface area contributed by atoms with Gasteiger partial charge in [-0.2, -0.15) is 0 Å². The Labute approximate surface area is 183 Å². The van der Waals surface area contributed by atoms with Gasteiger partial charge >= 0.3 is 0 Å². The third-order valence-corrected chi connectivity index (χ3v) is 7.26. The highest BCUT2D eigenvalue weighted by molar-refractivity contribution is 7.20. The zero-order valence-electron chi connectivity index (χ0n) is 17.1. The predicted octanol–water partition coefficient (Wildman–Crippen LogP) is 4.94. The van der Waals surface area contributed by atoms with Crippen molar-refractivity contribution < 1.29 is 4.79 Å². The fraction of sp³-hybridized carbons (Fsp3) is 0.273. The van der Waals surface area contributed by atoms with Crippen molar-refractivity contribution in [1.82, 2.24) is 19.9 Å². The molecule has 0 aliphatic carbocycles. The number of anilines is 1. The van der Waals surface area contributed by atoms with Crippen LogP contribution in [-0.2, 0) is 6.42 Å². The molecule has 1 amide bonds. The van der Waals surface area contributed by atoms with Crippen LogP contribution in [0.15, 0.2) is 48.2 Å². The molecule has 0 saturated carbocycles. The second kappa shape index (κ2) is 8.89. The van der Waals surface area contributed by atoms with Crippen LogP contribution in [0.25, 0.3) is 10.2 Å². The first-order valence-electron chi connectivity index (χ1n) is 9.74. The summed E-state index contributed by atoms with van der Waals surface area (Å²) in [6.07, 6.45) is 4.05. The monoisotopic (exact) mass is 437 g/mol. The van der Waals surface area contributed by atoms with E-state index in [1.165, 1.54) is 16.2 Å². The summed E-state index contributed by atoms with van der Waals surface area (Å²) in [4.78, 5) is 30.9. The van der Waals surface area contributed by atoms with E-state index >= 15 is 0 Å². The van der Waals surface area contributed by atoms with Gasteiger partial charge in [-0.15, -0.1) is 22.7 Å². The van der Waals surface area contributed by atoms with E-state index in [0.29, 0.717) is 11.4 Å². The normalized spacial score (nSPS) is 12.1. The largest absolute Gasteiger partial charge is 0.362 e. The van der Waals surface area contributed by atoms with Gasteiger partial charge in [-0.05, 0) is 43.0 Å². The molecule has 0 bridgehead atoms. The lowest BCUT2D eigenvalue weighted by Gasteiger charge is -2.16. The first kappa shape index (κ1) is 20.4. The summed E-state index contributed by atoms with van der Waals surface area (Å²) in [7, 11) is 1.83. The van der Waals surface area contributed by atoms with Gasteiger partial charge in [0.1, 0.15) is 17.0 Å². The van der Waals surface area contributed by atoms with E-state index in [1.807, 2.05) is 38.2 Å². The van der Waals surface area contributed by atoms with Crippen LogP contribution >= 0.6 is 22.7 Å². The standard InChI is InChI=1S/C22H23N5OS2/c1-14-18-20(26-15(2)17-8-6-12-29-17)24-13-25-21(18)30-19(14)22(28)27(3)11-9-16-7-4-5-10-23-16/h4-8,10,12-13,15H,9,11H2,1-3H3,(H,24,25,26)/t15-/m0/s1. The number of aryl methyl sites for hydroxylation is 1. The molecular weight excluding hydrogens is 414 g/mol. The highest BCUT2D eigenvalue weighted by atomic mass is 32.1. The van der Waals surface area contributed by atoms with E-state index in [9.17, 15) is 4.79 Å². The summed E-state index contributed by atoms with van der Waals surface area (Å²) < 4.78 is 0. The second-order valence-electron chi connectivity index (χ2n) is 7.14. The quantitative estimate of drug-likeness (QED) is 0.443. The SMILES string of the molecule is Cc1c(C(=O)N(C)CCc2ccccn2)sc2ncnc(N[C@@H](C)c3cccs3)c12. The van der Waals surface area contributed by atoms with Crippen LogP contribution in [-0.4, -0.2) is 39.4 Å². The van der Waals surface area contributed by atoms with Crippen LogP contribution in [0.2, 0.25) is 0 Å². The van der Waals surface area contributed by atoms with Crippen molar-refractivity contribution in [2.45, 2.75) is 26.3 Å². The highest BCUT2D eigenvalue weighted by Gasteiger charge is 2.22. The maximum atomic E-state index is 13.1. The molecule has 4 aromatic heterocycles. The Morgan fingerprint density at radius 2 is 2.07 bits per heavy atom. The molecule has 4 rings (SSSR count). The van der Waals surface area contributed by atoms with E-state index in [0.717, 1.165) is 33.7 Å². The zero-order valence-corrected chi connectivity index (χ0v) is 18.8. The maximum absolute atomic E-state index is 13.1. The molecule has 4 aromatic rings. The molecule has 1 atom stereocenters. The minimum Gasteiger partial charge on any atom is -0.362 e. The number of likely N-dealkylation sites (N-methyl/N-ethyl adjacent to an activating group) is 1. The minimum absolute atomic E-state index is 0.00341. The summed E-state index contributed by atoms with van der Waals surface area (Å²) in [5.74, 6) is 0.772. The van der Waals surface area contributed by atoms with E-state index in [1.54, 1.807) is 28.8 Å². The number of carbonyl (C=O) groups excluding carboxylic acids is 1.